The minimum absolute atomic E-state index is 0.106. The van der Waals surface area contributed by atoms with Crippen LogP contribution in [0.5, 0.6) is 0 Å². The monoisotopic (exact) mass is 221 g/mol. The molecular weight excluding hydrogens is 202 g/mol. The summed E-state index contributed by atoms with van der Waals surface area (Å²) in [4.78, 5) is 11.2. The van der Waals surface area contributed by atoms with Crippen LogP contribution in [0.3, 0.4) is 0 Å². The van der Waals surface area contributed by atoms with Gasteiger partial charge in [-0.1, -0.05) is 0 Å². The summed E-state index contributed by atoms with van der Waals surface area (Å²) in [5.74, 6) is 1.30. The average Bonchev–Trinajstić information content (AvgIpc) is 2.70. The zero-order valence-electron chi connectivity index (χ0n) is 10.2. The van der Waals surface area contributed by atoms with E-state index < -0.39 is 0 Å². The number of ketones is 1. The zero-order valence-corrected chi connectivity index (χ0v) is 10.2. The van der Waals surface area contributed by atoms with E-state index in [1.54, 1.807) is 0 Å². The van der Waals surface area contributed by atoms with Crippen molar-refractivity contribution in [3.63, 3.8) is 0 Å². The summed E-state index contributed by atoms with van der Waals surface area (Å²) in [5.41, 5.74) is 6.81. The number of nitrogens with zero attached hydrogens (tertiary/aromatic N) is 2. The van der Waals surface area contributed by atoms with Gasteiger partial charge >= 0.3 is 0 Å². The van der Waals surface area contributed by atoms with Gasteiger partial charge in [0.2, 0.25) is 0 Å². The molecule has 0 bridgehead atoms. The third-order valence-electron chi connectivity index (χ3n) is 3.06. The molecule has 4 nitrogen and oxygen atoms in total. The van der Waals surface area contributed by atoms with Crippen molar-refractivity contribution in [3.05, 3.63) is 11.8 Å². The maximum atomic E-state index is 11.2. The lowest BCUT2D eigenvalue weighted by Gasteiger charge is -2.20. The second-order valence-corrected chi connectivity index (χ2v) is 5.56. The number of anilines is 1. The van der Waals surface area contributed by atoms with Gasteiger partial charge < -0.3 is 5.73 Å². The first-order valence-electron chi connectivity index (χ1n) is 5.75. The van der Waals surface area contributed by atoms with E-state index in [2.05, 4.69) is 25.9 Å². The molecule has 2 rings (SSSR count). The van der Waals surface area contributed by atoms with Crippen LogP contribution in [0, 0.1) is 0 Å². The van der Waals surface area contributed by atoms with Crippen LogP contribution in [0.4, 0.5) is 5.82 Å². The van der Waals surface area contributed by atoms with Crippen LogP contribution in [-0.4, -0.2) is 15.6 Å². The Bertz CT molecular complexity index is 414. The summed E-state index contributed by atoms with van der Waals surface area (Å²) in [6, 6.07) is 1.91. The lowest BCUT2D eigenvalue weighted by molar-refractivity contribution is -0.117. The van der Waals surface area contributed by atoms with Gasteiger partial charge in [-0.25, -0.2) is 4.68 Å². The minimum Gasteiger partial charge on any atom is -0.384 e. The van der Waals surface area contributed by atoms with E-state index in [0.29, 0.717) is 24.4 Å². The van der Waals surface area contributed by atoms with E-state index in [1.165, 1.54) is 0 Å². The summed E-state index contributed by atoms with van der Waals surface area (Å²) in [7, 11) is 0. The molecule has 88 valence electrons. The van der Waals surface area contributed by atoms with Gasteiger partial charge in [-0.2, -0.15) is 5.10 Å². The Kier molecular flexibility index (Phi) is 2.52. The van der Waals surface area contributed by atoms with Crippen LogP contribution in [0.2, 0.25) is 0 Å². The second kappa shape index (κ2) is 3.61. The maximum absolute atomic E-state index is 11.2. The standard InChI is InChI=1S/C12H19N3O/c1-12(2,3)15-11(13)7-10(14-15)8-4-5-9(16)6-8/h7-8H,4-6,13H2,1-3H3. The zero-order chi connectivity index (χ0) is 11.9. The number of hydrogen-bond donors (Lipinski definition) is 1. The summed E-state index contributed by atoms with van der Waals surface area (Å²) in [6.07, 6.45) is 2.23. The molecule has 4 heteroatoms. The molecule has 0 amide bonds. The van der Waals surface area contributed by atoms with Crippen LogP contribution in [0.25, 0.3) is 0 Å². The lowest BCUT2D eigenvalue weighted by atomic mass is 10.0. The average molecular weight is 221 g/mol. The molecule has 1 aliphatic carbocycles. The van der Waals surface area contributed by atoms with E-state index in [-0.39, 0.29) is 11.5 Å². The molecule has 1 fully saturated rings. The van der Waals surface area contributed by atoms with Gasteiger partial charge in [-0.15, -0.1) is 0 Å². The van der Waals surface area contributed by atoms with Crippen molar-refractivity contribution in [2.45, 2.75) is 51.5 Å². The molecule has 1 atom stereocenters. The SMILES string of the molecule is CC(C)(C)n1nc(C2CCC(=O)C2)cc1N. The Morgan fingerprint density at radius 2 is 2.19 bits per heavy atom. The van der Waals surface area contributed by atoms with Gasteiger partial charge in [-0.3, -0.25) is 4.79 Å². The molecule has 16 heavy (non-hydrogen) atoms. The molecule has 0 aromatic carbocycles. The van der Waals surface area contributed by atoms with Crippen LogP contribution in [-0.2, 0) is 10.3 Å². The Morgan fingerprint density at radius 3 is 2.62 bits per heavy atom. The van der Waals surface area contributed by atoms with Gasteiger partial charge in [-0.05, 0) is 27.2 Å². The molecule has 0 radical (unpaired) electrons. The fourth-order valence-electron chi connectivity index (χ4n) is 2.22. The molecule has 1 aromatic rings. The second-order valence-electron chi connectivity index (χ2n) is 5.56. The predicted molar refractivity (Wildman–Crippen MR) is 63.2 cm³/mol. The van der Waals surface area contributed by atoms with Crippen molar-refractivity contribution >= 4 is 11.6 Å². The number of Topliss-reactive ketones (excluding diaryl/α,β-unsaturated/α-hetero) is 1. The Labute approximate surface area is 95.8 Å². The molecule has 0 spiro atoms. The molecule has 1 unspecified atom stereocenters. The first-order valence-corrected chi connectivity index (χ1v) is 5.75. The highest BCUT2D eigenvalue weighted by Crippen LogP contribution is 2.33. The van der Waals surface area contributed by atoms with Crippen molar-refractivity contribution in [1.29, 1.82) is 0 Å². The number of nitrogen functional groups attached to an aromatic ring is 1. The molecule has 2 N–H and O–H groups in total. The summed E-state index contributed by atoms with van der Waals surface area (Å²) in [5, 5.41) is 4.54. The van der Waals surface area contributed by atoms with Crippen LogP contribution < -0.4 is 5.73 Å². The number of hydrogen-bond acceptors (Lipinski definition) is 3. The molecule has 1 aliphatic rings. The predicted octanol–water partition coefficient (Wildman–Crippen LogP) is 2.06. The highest BCUT2D eigenvalue weighted by molar-refractivity contribution is 5.81. The van der Waals surface area contributed by atoms with Gasteiger partial charge in [0, 0.05) is 24.8 Å². The fraction of sp³-hybridized carbons (Fsp3) is 0.667. The first-order chi connectivity index (χ1) is 7.38. The quantitative estimate of drug-likeness (QED) is 0.789. The van der Waals surface area contributed by atoms with Gasteiger partial charge in [0.15, 0.2) is 0 Å². The number of carbonyl (C=O) groups is 1. The van der Waals surface area contributed by atoms with Gasteiger partial charge in [0.05, 0.1) is 11.2 Å². The number of rotatable bonds is 1. The number of aromatic nitrogens is 2. The molecule has 0 saturated heterocycles. The summed E-state index contributed by atoms with van der Waals surface area (Å²) in [6.45, 7) is 6.21. The van der Waals surface area contributed by atoms with E-state index in [1.807, 2.05) is 10.7 Å². The number of nitrogens with two attached hydrogens (primary N) is 1. The number of carbonyl (C=O) groups excluding carboxylic acids is 1. The van der Waals surface area contributed by atoms with Crippen molar-refractivity contribution < 1.29 is 4.79 Å². The smallest absolute Gasteiger partial charge is 0.133 e. The lowest BCUT2D eigenvalue weighted by Crippen LogP contribution is -2.24. The van der Waals surface area contributed by atoms with E-state index >= 15 is 0 Å². The van der Waals surface area contributed by atoms with Crippen molar-refractivity contribution in [3.8, 4) is 0 Å². The highest BCUT2D eigenvalue weighted by atomic mass is 16.1. The largest absolute Gasteiger partial charge is 0.384 e. The summed E-state index contributed by atoms with van der Waals surface area (Å²) >= 11 is 0. The fourth-order valence-corrected chi connectivity index (χ4v) is 2.22. The molecular formula is C12H19N3O. The van der Waals surface area contributed by atoms with Crippen LogP contribution in [0.15, 0.2) is 6.07 Å². The molecule has 1 heterocycles. The molecule has 1 saturated carbocycles. The minimum atomic E-state index is -0.106. The van der Waals surface area contributed by atoms with Gasteiger partial charge in [0.1, 0.15) is 11.6 Å². The Balaban J connectivity index is 2.28. The third-order valence-corrected chi connectivity index (χ3v) is 3.06. The first kappa shape index (κ1) is 11.2. The van der Waals surface area contributed by atoms with Crippen molar-refractivity contribution in [1.82, 2.24) is 9.78 Å². The Morgan fingerprint density at radius 1 is 1.50 bits per heavy atom. The van der Waals surface area contributed by atoms with E-state index in [9.17, 15) is 4.79 Å². The van der Waals surface area contributed by atoms with Crippen molar-refractivity contribution in [2.75, 3.05) is 5.73 Å². The van der Waals surface area contributed by atoms with E-state index in [4.69, 9.17) is 5.73 Å². The summed E-state index contributed by atoms with van der Waals surface area (Å²) < 4.78 is 1.84. The van der Waals surface area contributed by atoms with Crippen LogP contribution >= 0.6 is 0 Å². The van der Waals surface area contributed by atoms with E-state index in [0.717, 1.165) is 12.1 Å². The normalized spacial score (nSPS) is 21.7. The maximum Gasteiger partial charge on any atom is 0.133 e. The van der Waals surface area contributed by atoms with Gasteiger partial charge in [0.25, 0.3) is 0 Å². The van der Waals surface area contributed by atoms with Crippen molar-refractivity contribution in [2.24, 2.45) is 0 Å². The molecule has 1 aromatic heterocycles. The Hall–Kier alpha value is -1.32. The topological polar surface area (TPSA) is 60.9 Å². The van der Waals surface area contributed by atoms with Crippen LogP contribution in [0.1, 0.15) is 51.6 Å². The highest BCUT2D eigenvalue weighted by Gasteiger charge is 2.27. The molecule has 0 aliphatic heterocycles. The third kappa shape index (κ3) is 1.96.